The molecule has 1 aliphatic rings. The molecule has 180 valence electrons. The smallest absolute Gasteiger partial charge is 0.329 e. The molecule has 1 atom stereocenters. The van der Waals surface area contributed by atoms with Crippen molar-refractivity contribution in [2.75, 3.05) is 0 Å². The number of carbonyl (C=O) groups is 1. The molecule has 1 saturated carbocycles. The van der Waals surface area contributed by atoms with Gasteiger partial charge in [0, 0.05) is 6.07 Å². The minimum Gasteiger partial charge on any atom is -0.493 e. The number of H-pyrrole nitrogens is 1. The van der Waals surface area contributed by atoms with E-state index < -0.39 is 23.5 Å². The fraction of sp³-hybridized carbons (Fsp3) is 0.360. The summed E-state index contributed by atoms with van der Waals surface area (Å²) in [5, 5.41) is 20.0. The van der Waals surface area contributed by atoms with E-state index in [4.69, 9.17) is 4.74 Å². The summed E-state index contributed by atoms with van der Waals surface area (Å²) < 4.78 is 21.3. The first-order valence-electron chi connectivity index (χ1n) is 11.5. The fourth-order valence-electron chi connectivity index (χ4n) is 4.66. The molecule has 0 saturated heterocycles. The van der Waals surface area contributed by atoms with Gasteiger partial charge in [0.25, 0.3) is 5.91 Å². The summed E-state index contributed by atoms with van der Waals surface area (Å²) in [4.78, 5) is 27.7. The number of carbonyl (C=O) groups excluding carboxylic acids is 1. The first kappa shape index (κ1) is 23.6. The maximum absolute atomic E-state index is 14.7. The van der Waals surface area contributed by atoms with Crippen LogP contribution in [0.1, 0.15) is 49.4 Å². The number of aromatic nitrogens is 2. The van der Waals surface area contributed by atoms with Crippen molar-refractivity contribution in [3.63, 3.8) is 0 Å². The normalized spacial score (nSPS) is 15.1. The fourth-order valence-corrected chi connectivity index (χ4v) is 4.66. The molecular formula is C25H28FN3O5. The topological polar surface area (TPSA) is 117 Å². The number of nitrogens with one attached hydrogen (secondary N) is 2. The average Bonchev–Trinajstić information content (AvgIpc) is 3.13. The van der Waals surface area contributed by atoms with Crippen LogP contribution in [-0.2, 0) is 17.6 Å². The van der Waals surface area contributed by atoms with E-state index in [0.717, 1.165) is 23.8 Å². The van der Waals surface area contributed by atoms with E-state index >= 15 is 0 Å². The molecule has 3 aromatic rings. The number of hydroxylamine groups is 1. The van der Waals surface area contributed by atoms with E-state index in [1.165, 1.54) is 6.07 Å². The highest BCUT2D eigenvalue weighted by Gasteiger charge is 2.34. The first-order valence-corrected chi connectivity index (χ1v) is 11.5. The number of benzene rings is 2. The van der Waals surface area contributed by atoms with Crippen LogP contribution in [0.4, 0.5) is 4.39 Å². The third-order valence-corrected chi connectivity index (χ3v) is 6.38. The van der Waals surface area contributed by atoms with Crippen molar-refractivity contribution in [3.05, 3.63) is 76.1 Å². The predicted octanol–water partition coefficient (Wildman–Crippen LogP) is 4.23. The molecule has 0 radical (unpaired) electrons. The van der Waals surface area contributed by atoms with Crippen molar-refractivity contribution in [2.45, 2.75) is 51.0 Å². The molecule has 0 bridgehead atoms. The molecule has 34 heavy (non-hydrogen) atoms. The van der Waals surface area contributed by atoms with Crippen LogP contribution in [0.25, 0.3) is 0 Å². The highest BCUT2D eigenvalue weighted by atomic mass is 19.1. The first-order chi connectivity index (χ1) is 16.5. The zero-order chi connectivity index (χ0) is 24.1. The second-order valence-electron chi connectivity index (χ2n) is 8.59. The Morgan fingerprint density at radius 1 is 1.12 bits per heavy atom. The van der Waals surface area contributed by atoms with Gasteiger partial charge in [-0.05, 0) is 55.4 Å². The number of aromatic amines is 1. The number of aryl methyl sites for hydroxylation is 2. The maximum atomic E-state index is 14.7. The number of imidazole rings is 1. The van der Waals surface area contributed by atoms with E-state index in [9.17, 15) is 24.3 Å². The van der Waals surface area contributed by atoms with E-state index in [1.807, 2.05) is 18.2 Å². The number of hydrogen-bond donors (Lipinski definition) is 4. The number of aromatic hydroxyl groups is 1. The van der Waals surface area contributed by atoms with Gasteiger partial charge < -0.3 is 14.8 Å². The molecular weight excluding hydrogens is 441 g/mol. The van der Waals surface area contributed by atoms with Gasteiger partial charge in [-0.25, -0.2) is 14.7 Å². The van der Waals surface area contributed by atoms with Crippen LogP contribution in [-0.4, -0.2) is 25.8 Å². The van der Waals surface area contributed by atoms with Gasteiger partial charge in [0.2, 0.25) is 5.88 Å². The van der Waals surface area contributed by atoms with Crippen LogP contribution < -0.4 is 15.9 Å². The summed E-state index contributed by atoms with van der Waals surface area (Å²) in [6.45, 7) is 0. The number of ether oxygens (including phenoxy) is 1. The Labute approximate surface area is 196 Å². The van der Waals surface area contributed by atoms with Crippen LogP contribution in [0, 0.1) is 11.7 Å². The molecule has 0 spiro atoms. The minimum absolute atomic E-state index is 0.155. The number of para-hydroxylation sites is 1. The Kier molecular flexibility index (Phi) is 7.32. The number of hydrogen-bond acceptors (Lipinski definition) is 5. The lowest BCUT2D eigenvalue weighted by Gasteiger charge is -2.29. The second-order valence-corrected chi connectivity index (χ2v) is 8.59. The largest absolute Gasteiger partial charge is 0.493 e. The summed E-state index contributed by atoms with van der Waals surface area (Å²) in [6.07, 6.45) is 4.67. The van der Waals surface area contributed by atoms with Gasteiger partial charge in [0.15, 0.2) is 0 Å². The Bertz CT molecular complexity index is 1190. The lowest BCUT2D eigenvalue weighted by atomic mass is 9.83. The van der Waals surface area contributed by atoms with Crippen molar-refractivity contribution in [2.24, 2.45) is 5.92 Å². The van der Waals surface area contributed by atoms with Crippen molar-refractivity contribution >= 4 is 5.91 Å². The zero-order valence-electron chi connectivity index (χ0n) is 18.7. The van der Waals surface area contributed by atoms with Crippen LogP contribution in [0.3, 0.4) is 0 Å². The summed E-state index contributed by atoms with van der Waals surface area (Å²) >= 11 is 0. The van der Waals surface area contributed by atoms with Gasteiger partial charge in [-0.1, -0.05) is 43.5 Å². The van der Waals surface area contributed by atoms with Crippen molar-refractivity contribution < 1.29 is 24.2 Å². The molecule has 9 heteroatoms. The highest BCUT2D eigenvalue weighted by molar-refractivity contribution is 5.79. The van der Waals surface area contributed by atoms with Crippen LogP contribution in [0.5, 0.6) is 17.4 Å². The number of nitrogens with zero attached hydrogens (tertiary/aromatic N) is 1. The lowest BCUT2D eigenvalue weighted by molar-refractivity contribution is -0.135. The SMILES string of the molecule is O=C(NO)C(C1CCCCC1)n1c(O)c(CCc2ccc(Oc3ccccc3)cc2F)[nH]c1=O. The molecule has 1 heterocycles. The zero-order valence-corrected chi connectivity index (χ0v) is 18.7. The Hall–Kier alpha value is -3.59. The predicted molar refractivity (Wildman–Crippen MR) is 123 cm³/mol. The second kappa shape index (κ2) is 10.6. The molecule has 1 aliphatic carbocycles. The summed E-state index contributed by atoms with van der Waals surface area (Å²) in [7, 11) is 0. The molecule has 2 aromatic carbocycles. The highest BCUT2D eigenvalue weighted by Crippen LogP contribution is 2.35. The minimum atomic E-state index is -1.02. The Morgan fingerprint density at radius 3 is 2.53 bits per heavy atom. The summed E-state index contributed by atoms with van der Waals surface area (Å²) in [5.74, 6) is -0.793. The summed E-state index contributed by atoms with van der Waals surface area (Å²) in [6, 6.07) is 12.6. The van der Waals surface area contributed by atoms with Crippen LogP contribution >= 0.6 is 0 Å². The van der Waals surface area contributed by atoms with E-state index in [2.05, 4.69) is 4.98 Å². The number of halogens is 1. The van der Waals surface area contributed by atoms with Crippen LogP contribution in [0.2, 0.25) is 0 Å². The molecule has 1 amide bonds. The van der Waals surface area contributed by atoms with E-state index in [1.54, 1.807) is 29.7 Å². The quantitative estimate of drug-likeness (QED) is 0.291. The molecule has 1 aromatic heterocycles. The third kappa shape index (κ3) is 5.14. The average molecular weight is 470 g/mol. The molecule has 1 unspecified atom stereocenters. The van der Waals surface area contributed by atoms with Gasteiger partial charge in [-0.2, -0.15) is 0 Å². The van der Waals surface area contributed by atoms with Crippen molar-refractivity contribution in [3.8, 4) is 17.4 Å². The van der Waals surface area contributed by atoms with E-state index in [-0.39, 0.29) is 30.3 Å². The molecule has 8 nitrogen and oxygen atoms in total. The van der Waals surface area contributed by atoms with Crippen LogP contribution in [0.15, 0.2) is 53.3 Å². The molecule has 4 N–H and O–H groups in total. The number of amides is 1. The van der Waals surface area contributed by atoms with Crippen molar-refractivity contribution in [1.82, 2.24) is 15.0 Å². The van der Waals surface area contributed by atoms with Gasteiger partial charge >= 0.3 is 5.69 Å². The molecule has 4 rings (SSSR count). The lowest BCUT2D eigenvalue weighted by Crippen LogP contribution is -2.39. The Morgan fingerprint density at radius 2 is 1.85 bits per heavy atom. The number of rotatable bonds is 8. The standard InChI is InChI=1S/C25H28FN3O5/c26-20-15-19(34-18-9-5-2-6-10-18)13-11-16(20)12-14-21-24(31)29(25(32)27-21)22(23(30)28-33)17-7-3-1-4-8-17/h2,5-6,9-11,13,15,17,22,31,33H,1,3-4,7-8,12,14H2,(H,27,32)(H,28,30). The van der Waals surface area contributed by atoms with Gasteiger partial charge in [0.05, 0.1) is 5.69 Å². The van der Waals surface area contributed by atoms with Gasteiger partial charge in [0.1, 0.15) is 23.4 Å². The van der Waals surface area contributed by atoms with Crippen molar-refractivity contribution in [1.29, 1.82) is 0 Å². The van der Waals surface area contributed by atoms with Gasteiger partial charge in [-0.3, -0.25) is 14.6 Å². The third-order valence-electron chi connectivity index (χ3n) is 6.38. The summed E-state index contributed by atoms with van der Waals surface area (Å²) in [5.41, 5.74) is 1.59. The monoisotopic (exact) mass is 469 g/mol. The molecule has 0 aliphatic heterocycles. The van der Waals surface area contributed by atoms with Gasteiger partial charge in [-0.15, -0.1) is 0 Å². The Balaban J connectivity index is 1.50. The van der Waals surface area contributed by atoms with E-state index in [0.29, 0.717) is 29.9 Å². The maximum Gasteiger partial charge on any atom is 0.329 e. The molecule has 1 fully saturated rings.